The zero-order valence-corrected chi connectivity index (χ0v) is 17.3. The van der Waals surface area contributed by atoms with Gasteiger partial charge in [-0.15, -0.1) is 0 Å². The fourth-order valence-electron chi connectivity index (χ4n) is 3.05. The number of amides is 1. The van der Waals surface area contributed by atoms with Crippen molar-refractivity contribution in [1.82, 2.24) is 10.3 Å². The lowest BCUT2D eigenvalue weighted by atomic mass is 10.0. The summed E-state index contributed by atoms with van der Waals surface area (Å²) in [7, 11) is 0. The fourth-order valence-corrected chi connectivity index (χ4v) is 3.41. The fraction of sp³-hybridized carbons (Fsp3) is 0.273. The SMILES string of the molecule is CCCCC(NC(=O)OCc1ccccc1)c1cc(=O)c2cc(Br)ccc2[nH]1. The van der Waals surface area contributed by atoms with Gasteiger partial charge in [-0.3, -0.25) is 4.79 Å². The maximum Gasteiger partial charge on any atom is 0.408 e. The highest BCUT2D eigenvalue weighted by atomic mass is 79.9. The van der Waals surface area contributed by atoms with Gasteiger partial charge in [0.25, 0.3) is 0 Å². The van der Waals surface area contributed by atoms with E-state index in [0.717, 1.165) is 34.8 Å². The number of halogens is 1. The number of hydrogen-bond donors (Lipinski definition) is 2. The third kappa shape index (κ3) is 5.23. The van der Waals surface area contributed by atoms with Gasteiger partial charge in [0, 0.05) is 27.1 Å². The van der Waals surface area contributed by atoms with E-state index in [-0.39, 0.29) is 18.1 Å². The summed E-state index contributed by atoms with van der Waals surface area (Å²) in [6.07, 6.45) is 2.13. The molecule has 1 atom stereocenters. The summed E-state index contributed by atoms with van der Waals surface area (Å²) in [5.74, 6) is 0. The summed E-state index contributed by atoms with van der Waals surface area (Å²) in [5, 5.41) is 3.51. The second-order valence-corrected chi connectivity index (χ2v) is 7.60. The van der Waals surface area contributed by atoms with Crippen LogP contribution in [-0.2, 0) is 11.3 Å². The van der Waals surface area contributed by atoms with E-state index in [1.165, 1.54) is 0 Å². The molecular weight excluding hydrogens is 420 g/mol. The monoisotopic (exact) mass is 442 g/mol. The molecule has 0 fully saturated rings. The Hall–Kier alpha value is -2.60. The number of unbranched alkanes of at least 4 members (excludes halogenated alkanes) is 1. The lowest BCUT2D eigenvalue weighted by molar-refractivity contribution is 0.134. The number of aromatic amines is 1. The second kappa shape index (κ2) is 9.55. The zero-order valence-electron chi connectivity index (χ0n) is 15.7. The predicted octanol–water partition coefficient (Wildman–Crippen LogP) is 5.45. The molecule has 2 N–H and O–H groups in total. The average Bonchev–Trinajstić information content (AvgIpc) is 2.70. The molecule has 3 aromatic rings. The number of benzene rings is 2. The number of aromatic nitrogens is 1. The highest BCUT2D eigenvalue weighted by Gasteiger charge is 2.17. The number of nitrogens with one attached hydrogen (secondary N) is 2. The van der Waals surface area contributed by atoms with Crippen molar-refractivity contribution in [1.29, 1.82) is 0 Å². The Labute approximate surface area is 172 Å². The van der Waals surface area contributed by atoms with E-state index in [0.29, 0.717) is 11.1 Å². The summed E-state index contributed by atoms with van der Waals surface area (Å²) < 4.78 is 6.20. The smallest absolute Gasteiger partial charge is 0.408 e. The van der Waals surface area contributed by atoms with Gasteiger partial charge in [0.05, 0.1) is 6.04 Å². The molecule has 0 spiro atoms. The zero-order chi connectivity index (χ0) is 19.9. The molecule has 3 rings (SSSR count). The first-order valence-corrected chi connectivity index (χ1v) is 10.2. The Bertz CT molecular complexity index is 1000. The van der Waals surface area contributed by atoms with Crippen molar-refractivity contribution < 1.29 is 9.53 Å². The number of ether oxygens (including phenoxy) is 1. The van der Waals surface area contributed by atoms with Gasteiger partial charge < -0.3 is 15.0 Å². The van der Waals surface area contributed by atoms with Crippen molar-refractivity contribution in [2.75, 3.05) is 0 Å². The lowest BCUT2D eigenvalue weighted by Gasteiger charge is -2.19. The molecule has 5 nitrogen and oxygen atoms in total. The minimum absolute atomic E-state index is 0.0778. The first-order valence-electron chi connectivity index (χ1n) is 9.36. The summed E-state index contributed by atoms with van der Waals surface area (Å²) in [4.78, 5) is 28.2. The van der Waals surface area contributed by atoms with Crippen molar-refractivity contribution >= 4 is 32.9 Å². The summed E-state index contributed by atoms with van der Waals surface area (Å²) >= 11 is 3.39. The topological polar surface area (TPSA) is 71.2 Å². The predicted molar refractivity (Wildman–Crippen MR) is 114 cm³/mol. The van der Waals surface area contributed by atoms with Gasteiger partial charge in [-0.25, -0.2) is 4.79 Å². The molecule has 1 aromatic heterocycles. The molecule has 0 bridgehead atoms. The molecule has 0 saturated heterocycles. The van der Waals surface area contributed by atoms with Gasteiger partial charge in [0.15, 0.2) is 5.43 Å². The summed E-state index contributed by atoms with van der Waals surface area (Å²) in [6, 6.07) is 16.3. The van der Waals surface area contributed by atoms with Gasteiger partial charge in [0.1, 0.15) is 6.61 Å². The summed E-state index contributed by atoms with van der Waals surface area (Å²) in [6.45, 7) is 2.29. The second-order valence-electron chi connectivity index (χ2n) is 6.68. The molecule has 0 aliphatic rings. The van der Waals surface area contributed by atoms with E-state index in [1.807, 2.05) is 42.5 Å². The normalized spacial score (nSPS) is 11.9. The third-order valence-corrected chi connectivity index (χ3v) is 5.03. The molecular formula is C22H23BrN2O3. The molecule has 1 unspecified atom stereocenters. The first kappa shape index (κ1) is 20.1. The van der Waals surface area contributed by atoms with E-state index in [2.05, 4.69) is 33.2 Å². The average molecular weight is 443 g/mol. The number of rotatable bonds is 7. The Morgan fingerprint density at radius 3 is 2.71 bits per heavy atom. The molecule has 1 amide bonds. The molecule has 1 heterocycles. The van der Waals surface area contributed by atoms with Crippen molar-refractivity contribution in [2.45, 2.75) is 38.8 Å². The maximum atomic E-state index is 12.5. The van der Waals surface area contributed by atoms with Crippen LogP contribution in [0.1, 0.15) is 43.5 Å². The maximum absolute atomic E-state index is 12.5. The molecule has 0 saturated carbocycles. The highest BCUT2D eigenvalue weighted by molar-refractivity contribution is 9.10. The molecule has 0 radical (unpaired) electrons. The van der Waals surface area contributed by atoms with E-state index in [1.54, 1.807) is 12.1 Å². The van der Waals surface area contributed by atoms with E-state index in [9.17, 15) is 9.59 Å². The summed E-state index contributed by atoms with van der Waals surface area (Å²) in [5.41, 5.74) is 2.27. The Morgan fingerprint density at radius 1 is 1.18 bits per heavy atom. The molecule has 6 heteroatoms. The van der Waals surface area contributed by atoms with Crippen LogP contribution in [0.2, 0.25) is 0 Å². The van der Waals surface area contributed by atoms with Crippen LogP contribution in [0.4, 0.5) is 4.79 Å². The van der Waals surface area contributed by atoms with Crippen molar-refractivity contribution in [3.63, 3.8) is 0 Å². The number of carbonyl (C=O) groups excluding carboxylic acids is 1. The number of pyridine rings is 1. The van der Waals surface area contributed by atoms with Crippen LogP contribution in [0.15, 0.2) is 63.9 Å². The molecule has 0 aliphatic carbocycles. The number of alkyl carbamates (subject to hydrolysis) is 1. The van der Waals surface area contributed by atoms with Gasteiger partial charge in [-0.05, 0) is 30.2 Å². The molecule has 146 valence electrons. The lowest BCUT2D eigenvalue weighted by Crippen LogP contribution is -2.30. The van der Waals surface area contributed by atoms with E-state index >= 15 is 0 Å². The van der Waals surface area contributed by atoms with Gasteiger partial charge in [-0.2, -0.15) is 0 Å². The van der Waals surface area contributed by atoms with Gasteiger partial charge in [0.2, 0.25) is 0 Å². The third-order valence-electron chi connectivity index (χ3n) is 4.54. The van der Waals surface area contributed by atoms with Crippen LogP contribution in [0.3, 0.4) is 0 Å². The quantitative estimate of drug-likeness (QED) is 0.510. The van der Waals surface area contributed by atoms with E-state index in [4.69, 9.17) is 4.74 Å². The number of H-pyrrole nitrogens is 1. The van der Waals surface area contributed by atoms with Crippen LogP contribution in [0.25, 0.3) is 10.9 Å². The van der Waals surface area contributed by atoms with Gasteiger partial charge >= 0.3 is 6.09 Å². The van der Waals surface area contributed by atoms with Crippen molar-refractivity contribution in [3.8, 4) is 0 Å². The first-order chi connectivity index (χ1) is 13.6. The van der Waals surface area contributed by atoms with Crippen LogP contribution in [0, 0.1) is 0 Å². The number of hydrogen-bond acceptors (Lipinski definition) is 3. The van der Waals surface area contributed by atoms with Gasteiger partial charge in [-0.1, -0.05) is 66.0 Å². The molecule has 0 aliphatic heterocycles. The Morgan fingerprint density at radius 2 is 1.96 bits per heavy atom. The molecule has 2 aromatic carbocycles. The number of carbonyl (C=O) groups is 1. The highest BCUT2D eigenvalue weighted by Crippen LogP contribution is 2.21. The van der Waals surface area contributed by atoms with Crippen LogP contribution in [-0.4, -0.2) is 11.1 Å². The Kier molecular flexibility index (Phi) is 6.87. The van der Waals surface area contributed by atoms with Crippen molar-refractivity contribution in [3.05, 3.63) is 80.6 Å². The minimum Gasteiger partial charge on any atom is -0.445 e. The number of fused-ring (bicyclic) bond motifs is 1. The molecule has 28 heavy (non-hydrogen) atoms. The van der Waals surface area contributed by atoms with Crippen LogP contribution < -0.4 is 10.7 Å². The van der Waals surface area contributed by atoms with E-state index < -0.39 is 6.09 Å². The van der Waals surface area contributed by atoms with Crippen LogP contribution >= 0.6 is 15.9 Å². The standard InChI is InChI=1S/C22H23BrN2O3/c1-2-3-9-19(25-22(27)28-14-15-7-5-4-6-8-15)20-13-21(26)17-12-16(23)10-11-18(17)24-20/h4-8,10-13,19H,2-3,9,14H2,1H3,(H,24,26)(H,25,27). The van der Waals surface area contributed by atoms with Crippen molar-refractivity contribution in [2.24, 2.45) is 0 Å². The van der Waals surface area contributed by atoms with Crippen LogP contribution in [0.5, 0.6) is 0 Å². The minimum atomic E-state index is -0.498. The largest absolute Gasteiger partial charge is 0.445 e. The Balaban J connectivity index is 1.77.